The molecule has 0 spiro atoms. The molecular formula is C23H26N2O4. The fourth-order valence-electron chi connectivity index (χ4n) is 3.30. The molecule has 0 saturated heterocycles. The number of nitrogens with zero attached hydrogens (tertiary/aromatic N) is 1. The fourth-order valence-corrected chi connectivity index (χ4v) is 3.30. The second-order valence-electron chi connectivity index (χ2n) is 7.31. The van der Waals surface area contributed by atoms with Crippen LogP contribution < -0.4 is 0 Å². The van der Waals surface area contributed by atoms with Crippen molar-refractivity contribution in [2.45, 2.75) is 46.9 Å². The number of nitrogens with one attached hydrogen (secondary N) is 1. The first kappa shape index (κ1) is 20.5. The maximum atomic E-state index is 13.4. The van der Waals surface area contributed by atoms with Crippen molar-refractivity contribution in [3.63, 3.8) is 0 Å². The van der Waals surface area contributed by atoms with Gasteiger partial charge in [0.1, 0.15) is 11.5 Å². The topological polar surface area (TPSA) is 75.5 Å². The molecule has 2 heterocycles. The highest BCUT2D eigenvalue weighted by Crippen LogP contribution is 2.23. The van der Waals surface area contributed by atoms with Gasteiger partial charge in [0.05, 0.1) is 24.5 Å². The normalized spacial score (nSPS) is 10.9. The zero-order valence-electron chi connectivity index (χ0n) is 17.2. The summed E-state index contributed by atoms with van der Waals surface area (Å²) in [6.07, 6.45) is 1.36. The first-order valence-corrected chi connectivity index (χ1v) is 9.62. The van der Waals surface area contributed by atoms with Gasteiger partial charge in [-0.15, -0.1) is 0 Å². The van der Waals surface area contributed by atoms with Gasteiger partial charge in [0, 0.05) is 12.2 Å². The third-order valence-electron chi connectivity index (χ3n) is 4.63. The lowest BCUT2D eigenvalue weighted by molar-refractivity contribution is 0.0376. The third kappa shape index (κ3) is 4.77. The highest BCUT2D eigenvalue weighted by Gasteiger charge is 2.27. The van der Waals surface area contributed by atoms with Gasteiger partial charge in [0.2, 0.25) is 0 Å². The van der Waals surface area contributed by atoms with Gasteiger partial charge >= 0.3 is 5.97 Å². The van der Waals surface area contributed by atoms with Crippen molar-refractivity contribution in [3.05, 3.63) is 82.6 Å². The van der Waals surface area contributed by atoms with E-state index in [0.29, 0.717) is 41.4 Å². The smallest absolute Gasteiger partial charge is 0.340 e. The van der Waals surface area contributed by atoms with Crippen LogP contribution in [0.1, 0.15) is 57.3 Å². The number of ether oxygens (including phenoxy) is 1. The number of rotatable bonds is 7. The van der Waals surface area contributed by atoms with Gasteiger partial charge in [-0.25, -0.2) is 4.79 Å². The molecule has 1 N–H and O–H groups in total. The molecule has 0 bridgehead atoms. The minimum atomic E-state index is -0.425. The van der Waals surface area contributed by atoms with E-state index in [4.69, 9.17) is 9.15 Å². The van der Waals surface area contributed by atoms with Crippen LogP contribution >= 0.6 is 0 Å². The number of aromatic nitrogens is 1. The van der Waals surface area contributed by atoms with Crippen LogP contribution in [-0.2, 0) is 17.8 Å². The summed E-state index contributed by atoms with van der Waals surface area (Å²) in [6, 6.07) is 13.4. The molecule has 3 aromatic rings. The van der Waals surface area contributed by atoms with Crippen LogP contribution in [0, 0.1) is 13.8 Å². The SMILES string of the molecule is Cc1[nH]c(C(=O)N(Cc2ccccc2)Cc2ccco2)c(C)c1C(=O)OC(C)C. The summed E-state index contributed by atoms with van der Waals surface area (Å²) >= 11 is 0. The Labute approximate surface area is 170 Å². The predicted octanol–water partition coefficient (Wildman–Crippen LogP) is 4.63. The van der Waals surface area contributed by atoms with Crippen molar-refractivity contribution in [1.29, 1.82) is 0 Å². The van der Waals surface area contributed by atoms with E-state index >= 15 is 0 Å². The molecule has 152 valence electrons. The predicted molar refractivity (Wildman–Crippen MR) is 110 cm³/mol. The molecule has 0 atom stereocenters. The molecule has 0 aliphatic carbocycles. The number of benzene rings is 1. The number of esters is 1. The molecule has 0 unspecified atom stereocenters. The van der Waals surface area contributed by atoms with Gasteiger partial charge in [-0.2, -0.15) is 0 Å². The minimum absolute atomic E-state index is 0.200. The molecular weight excluding hydrogens is 368 g/mol. The van der Waals surface area contributed by atoms with Gasteiger partial charge in [-0.3, -0.25) is 4.79 Å². The van der Waals surface area contributed by atoms with E-state index in [1.807, 2.05) is 36.4 Å². The van der Waals surface area contributed by atoms with Gasteiger partial charge in [-0.05, 0) is 51.0 Å². The number of hydrogen-bond acceptors (Lipinski definition) is 4. The zero-order chi connectivity index (χ0) is 21.0. The Bertz CT molecular complexity index is 972. The molecule has 3 rings (SSSR count). The molecule has 0 fully saturated rings. The van der Waals surface area contributed by atoms with Crippen molar-refractivity contribution in [3.8, 4) is 0 Å². The van der Waals surface area contributed by atoms with Crippen LogP contribution in [0.5, 0.6) is 0 Å². The van der Waals surface area contributed by atoms with Crippen molar-refractivity contribution in [2.75, 3.05) is 0 Å². The van der Waals surface area contributed by atoms with E-state index in [0.717, 1.165) is 5.56 Å². The lowest BCUT2D eigenvalue weighted by atomic mass is 10.1. The first-order valence-electron chi connectivity index (χ1n) is 9.62. The number of aryl methyl sites for hydroxylation is 1. The highest BCUT2D eigenvalue weighted by molar-refractivity contribution is 6.00. The molecule has 6 heteroatoms. The summed E-state index contributed by atoms with van der Waals surface area (Å²) in [5.74, 6) is 0.0649. The lowest BCUT2D eigenvalue weighted by Crippen LogP contribution is -2.30. The molecule has 29 heavy (non-hydrogen) atoms. The van der Waals surface area contributed by atoms with Crippen molar-refractivity contribution < 1.29 is 18.7 Å². The van der Waals surface area contributed by atoms with Crippen LogP contribution in [-0.4, -0.2) is 27.9 Å². The Balaban J connectivity index is 1.92. The second-order valence-corrected chi connectivity index (χ2v) is 7.31. The van der Waals surface area contributed by atoms with E-state index in [2.05, 4.69) is 4.98 Å². The molecule has 0 radical (unpaired) electrons. The Morgan fingerprint density at radius 1 is 1.07 bits per heavy atom. The van der Waals surface area contributed by atoms with E-state index < -0.39 is 5.97 Å². The standard InChI is InChI=1S/C23H26N2O4/c1-15(2)29-23(27)20-16(3)21(24-17(20)4)22(26)25(14-19-11-8-12-28-19)13-18-9-6-5-7-10-18/h5-12,15,24H,13-14H2,1-4H3. The third-order valence-corrected chi connectivity index (χ3v) is 4.63. The molecule has 0 saturated carbocycles. The summed E-state index contributed by atoms with van der Waals surface area (Å²) in [7, 11) is 0. The van der Waals surface area contributed by atoms with Crippen LogP contribution in [0.2, 0.25) is 0 Å². The number of amides is 1. The number of hydrogen-bond donors (Lipinski definition) is 1. The van der Waals surface area contributed by atoms with Gasteiger partial charge in [0.15, 0.2) is 0 Å². The Kier molecular flexibility index (Phi) is 6.22. The Hall–Kier alpha value is -3.28. The maximum absolute atomic E-state index is 13.4. The summed E-state index contributed by atoms with van der Waals surface area (Å²) in [4.78, 5) is 30.7. The van der Waals surface area contributed by atoms with Crippen LogP contribution in [0.4, 0.5) is 0 Å². The Morgan fingerprint density at radius 2 is 1.79 bits per heavy atom. The molecule has 1 amide bonds. The van der Waals surface area contributed by atoms with Gasteiger partial charge in [-0.1, -0.05) is 30.3 Å². The number of carbonyl (C=O) groups is 2. The lowest BCUT2D eigenvalue weighted by Gasteiger charge is -2.22. The summed E-state index contributed by atoms with van der Waals surface area (Å²) < 4.78 is 10.8. The van der Waals surface area contributed by atoms with Crippen LogP contribution in [0.25, 0.3) is 0 Å². The minimum Gasteiger partial charge on any atom is -0.467 e. The van der Waals surface area contributed by atoms with E-state index in [1.54, 1.807) is 44.9 Å². The number of aromatic amines is 1. The molecule has 1 aromatic carbocycles. The molecule has 0 aliphatic heterocycles. The zero-order valence-corrected chi connectivity index (χ0v) is 17.2. The number of furan rings is 1. The van der Waals surface area contributed by atoms with Crippen molar-refractivity contribution in [1.82, 2.24) is 9.88 Å². The maximum Gasteiger partial charge on any atom is 0.340 e. The molecule has 6 nitrogen and oxygen atoms in total. The number of carbonyl (C=O) groups excluding carboxylic acids is 2. The van der Waals surface area contributed by atoms with Crippen molar-refractivity contribution >= 4 is 11.9 Å². The highest BCUT2D eigenvalue weighted by atomic mass is 16.5. The molecule has 0 aliphatic rings. The van der Waals surface area contributed by atoms with Crippen LogP contribution in [0.3, 0.4) is 0 Å². The van der Waals surface area contributed by atoms with E-state index in [-0.39, 0.29) is 12.0 Å². The van der Waals surface area contributed by atoms with E-state index in [9.17, 15) is 9.59 Å². The fraction of sp³-hybridized carbons (Fsp3) is 0.304. The average molecular weight is 394 g/mol. The summed E-state index contributed by atoms with van der Waals surface area (Å²) in [5, 5.41) is 0. The monoisotopic (exact) mass is 394 g/mol. The summed E-state index contributed by atoms with van der Waals surface area (Å²) in [5.41, 5.74) is 3.03. The van der Waals surface area contributed by atoms with Crippen LogP contribution in [0.15, 0.2) is 53.1 Å². The largest absolute Gasteiger partial charge is 0.467 e. The second kappa shape index (κ2) is 8.82. The molecule has 2 aromatic heterocycles. The Morgan fingerprint density at radius 3 is 2.41 bits per heavy atom. The quantitative estimate of drug-likeness (QED) is 0.593. The van der Waals surface area contributed by atoms with E-state index in [1.165, 1.54) is 0 Å². The summed E-state index contributed by atoms with van der Waals surface area (Å²) in [6.45, 7) is 7.88. The average Bonchev–Trinajstić information content (AvgIpc) is 3.28. The van der Waals surface area contributed by atoms with Gasteiger partial charge in [0.25, 0.3) is 5.91 Å². The van der Waals surface area contributed by atoms with Crippen molar-refractivity contribution in [2.24, 2.45) is 0 Å². The number of H-pyrrole nitrogens is 1. The first-order chi connectivity index (χ1) is 13.9. The van der Waals surface area contributed by atoms with Gasteiger partial charge < -0.3 is 19.0 Å².